The van der Waals surface area contributed by atoms with Crippen molar-refractivity contribution in [3.8, 4) is 56.4 Å². The van der Waals surface area contributed by atoms with Gasteiger partial charge < -0.3 is 4.42 Å². The number of nitrogens with zero attached hydrogens (tertiary/aromatic N) is 3. The Labute approximate surface area is 334 Å². The van der Waals surface area contributed by atoms with E-state index in [1.54, 1.807) is 0 Å². The van der Waals surface area contributed by atoms with Crippen molar-refractivity contribution in [2.24, 2.45) is 0 Å². The molecule has 58 heavy (non-hydrogen) atoms. The van der Waals surface area contributed by atoms with Gasteiger partial charge in [-0.3, -0.25) is 0 Å². The Kier molecular flexibility index (Phi) is 7.26. The van der Waals surface area contributed by atoms with Crippen LogP contribution in [0.3, 0.4) is 0 Å². The second-order valence-electron chi connectivity index (χ2n) is 15.1. The van der Waals surface area contributed by atoms with Crippen LogP contribution in [0.5, 0.6) is 0 Å². The molecule has 0 aliphatic heterocycles. The van der Waals surface area contributed by atoms with Crippen molar-refractivity contribution in [3.63, 3.8) is 0 Å². The number of rotatable bonds is 5. The molecular weight excluding hydrogens is 707 g/mol. The molecule has 0 amide bonds. The Bertz CT molecular complexity index is 3320. The van der Waals surface area contributed by atoms with Gasteiger partial charge in [0.2, 0.25) is 0 Å². The second kappa shape index (κ2) is 12.9. The first-order chi connectivity index (χ1) is 28.7. The molecule has 0 saturated carbocycles. The van der Waals surface area contributed by atoms with E-state index in [0.29, 0.717) is 17.5 Å². The number of para-hydroxylation sites is 1. The molecule has 0 N–H and O–H groups in total. The fourth-order valence-corrected chi connectivity index (χ4v) is 9.05. The molecule has 11 aromatic rings. The van der Waals surface area contributed by atoms with Gasteiger partial charge in [-0.2, -0.15) is 0 Å². The van der Waals surface area contributed by atoms with Gasteiger partial charge in [-0.25, -0.2) is 15.0 Å². The maximum atomic E-state index is 6.96. The summed E-state index contributed by atoms with van der Waals surface area (Å²) in [6, 6.07) is 68.7. The number of hydrogen-bond donors (Lipinski definition) is 0. The van der Waals surface area contributed by atoms with Crippen LogP contribution in [0.15, 0.2) is 199 Å². The first kappa shape index (κ1) is 32.5. The molecule has 0 fully saturated rings. The van der Waals surface area contributed by atoms with Gasteiger partial charge in [0.1, 0.15) is 11.2 Å². The summed E-state index contributed by atoms with van der Waals surface area (Å²) in [5.41, 5.74) is 13.1. The summed E-state index contributed by atoms with van der Waals surface area (Å²) in [5.74, 6) is 1.85. The maximum absolute atomic E-state index is 6.96. The highest BCUT2D eigenvalue weighted by molar-refractivity contribution is 6.13. The Balaban J connectivity index is 1.07. The van der Waals surface area contributed by atoms with Crippen molar-refractivity contribution in [1.29, 1.82) is 0 Å². The molecule has 1 atom stereocenters. The Hall–Kier alpha value is -7.69. The predicted octanol–water partition coefficient (Wildman–Crippen LogP) is 13.9. The summed E-state index contributed by atoms with van der Waals surface area (Å²) in [6.45, 7) is 0. The summed E-state index contributed by atoms with van der Waals surface area (Å²) >= 11 is 0. The molecule has 1 aliphatic carbocycles. The molecule has 4 heteroatoms. The minimum atomic E-state index is -0.00115. The van der Waals surface area contributed by atoms with Crippen molar-refractivity contribution in [2.75, 3.05) is 0 Å². The van der Waals surface area contributed by atoms with Crippen LogP contribution in [0.2, 0.25) is 0 Å². The van der Waals surface area contributed by atoms with Gasteiger partial charge >= 0.3 is 0 Å². The first-order valence-corrected chi connectivity index (χ1v) is 19.7. The largest absolute Gasteiger partial charge is 0.456 e. The van der Waals surface area contributed by atoms with Gasteiger partial charge in [0.15, 0.2) is 17.5 Å². The maximum Gasteiger partial charge on any atom is 0.164 e. The van der Waals surface area contributed by atoms with Crippen LogP contribution in [0, 0.1) is 0 Å². The SMILES string of the molecule is c1ccc(-c2ccc3c(c2)C(c2cccc4c2oc2cccc(-c5nc(-c6ccc7ccccc7c6)nc(-c6ccc7ccccc7c6)n5)c24)c2ccccc2-3)cc1. The van der Waals surface area contributed by atoms with Crippen molar-refractivity contribution >= 4 is 43.5 Å². The minimum absolute atomic E-state index is 0.00115. The van der Waals surface area contributed by atoms with Gasteiger partial charge in [0.05, 0.1) is 0 Å². The minimum Gasteiger partial charge on any atom is -0.456 e. The average molecular weight is 740 g/mol. The Morgan fingerprint density at radius 1 is 0.345 bits per heavy atom. The van der Waals surface area contributed by atoms with Crippen LogP contribution < -0.4 is 0 Å². The Morgan fingerprint density at radius 3 is 1.66 bits per heavy atom. The summed E-state index contributed by atoms with van der Waals surface area (Å²) in [7, 11) is 0. The summed E-state index contributed by atoms with van der Waals surface area (Å²) < 4.78 is 6.96. The zero-order chi connectivity index (χ0) is 38.2. The quantitative estimate of drug-likeness (QED) is 0.176. The third kappa shape index (κ3) is 5.19. The third-order valence-electron chi connectivity index (χ3n) is 11.8. The van der Waals surface area contributed by atoms with Crippen molar-refractivity contribution in [1.82, 2.24) is 15.0 Å². The van der Waals surface area contributed by atoms with E-state index in [1.807, 2.05) is 6.07 Å². The summed E-state index contributed by atoms with van der Waals surface area (Å²) in [5, 5.41) is 6.64. The fourth-order valence-electron chi connectivity index (χ4n) is 9.05. The molecule has 2 heterocycles. The molecular formula is C54H33N3O. The molecule has 0 spiro atoms. The topological polar surface area (TPSA) is 51.8 Å². The van der Waals surface area contributed by atoms with Crippen LogP contribution in [0.25, 0.3) is 99.9 Å². The standard InChI is InChI=1S/C54H33N3O/c1-2-12-33(13-3-1)38-28-29-42-41-18-8-9-19-43(41)49(47(42)32-38)44-20-10-21-45-50-46(22-11-23-48(50)58-51(44)45)54-56-52(39-26-24-34-14-4-6-16-36(34)30-39)55-53(57-54)40-27-25-35-15-5-7-17-37(35)31-40/h1-32,49H. The normalized spacial score (nSPS) is 13.3. The van der Waals surface area contributed by atoms with Crippen molar-refractivity contribution < 1.29 is 4.42 Å². The lowest BCUT2D eigenvalue weighted by atomic mass is 9.87. The molecule has 4 nitrogen and oxygen atoms in total. The van der Waals surface area contributed by atoms with E-state index in [2.05, 4.69) is 188 Å². The average Bonchev–Trinajstić information content (AvgIpc) is 3.84. The highest BCUT2D eigenvalue weighted by Crippen LogP contribution is 2.51. The van der Waals surface area contributed by atoms with Crippen molar-refractivity contribution in [2.45, 2.75) is 5.92 Å². The van der Waals surface area contributed by atoms with Gasteiger partial charge in [0.25, 0.3) is 0 Å². The van der Waals surface area contributed by atoms with E-state index < -0.39 is 0 Å². The molecule has 1 unspecified atom stereocenters. The summed E-state index contributed by atoms with van der Waals surface area (Å²) in [4.78, 5) is 15.6. The molecule has 2 aromatic heterocycles. The zero-order valence-corrected chi connectivity index (χ0v) is 31.3. The molecule has 270 valence electrons. The van der Waals surface area contributed by atoms with Gasteiger partial charge in [-0.05, 0) is 79.2 Å². The third-order valence-corrected chi connectivity index (χ3v) is 11.8. The smallest absolute Gasteiger partial charge is 0.164 e. The molecule has 0 bridgehead atoms. The van der Waals surface area contributed by atoms with Crippen LogP contribution >= 0.6 is 0 Å². The lowest BCUT2D eigenvalue weighted by molar-refractivity contribution is 0.661. The highest BCUT2D eigenvalue weighted by Gasteiger charge is 2.32. The van der Waals surface area contributed by atoms with E-state index in [4.69, 9.17) is 19.4 Å². The predicted molar refractivity (Wildman–Crippen MR) is 237 cm³/mol. The molecule has 0 radical (unpaired) electrons. The van der Waals surface area contributed by atoms with E-state index in [-0.39, 0.29) is 5.92 Å². The van der Waals surface area contributed by atoms with E-state index in [1.165, 1.54) is 44.2 Å². The lowest BCUT2D eigenvalue weighted by Crippen LogP contribution is -2.01. The molecule has 12 rings (SSSR count). The van der Waals surface area contributed by atoms with Crippen molar-refractivity contribution in [3.05, 3.63) is 211 Å². The number of hydrogen-bond acceptors (Lipinski definition) is 4. The van der Waals surface area contributed by atoms with Gasteiger partial charge in [-0.15, -0.1) is 0 Å². The summed E-state index contributed by atoms with van der Waals surface area (Å²) in [6.07, 6.45) is 0. The van der Waals surface area contributed by atoms with Gasteiger partial charge in [0, 0.05) is 38.9 Å². The van der Waals surface area contributed by atoms with Gasteiger partial charge in [-0.1, -0.05) is 170 Å². The van der Waals surface area contributed by atoms with E-state index in [0.717, 1.165) is 55.0 Å². The molecule has 1 aliphatic rings. The van der Waals surface area contributed by atoms with E-state index in [9.17, 15) is 0 Å². The lowest BCUT2D eigenvalue weighted by Gasteiger charge is -2.16. The van der Waals surface area contributed by atoms with E-state index >= 15 is 0 Å². The number of aromatic nitrogens is 3. The number of furan rings is 1. The monoisotopic (exact) mass is 739 g/mol. The molecule has 0 saturated heterocycles. The van der Waals surface area contributed by atoms with Crippen LogP contribution in [0.1, 0.15) is 22.6 Å². The van der Waals surface area contributed by atoms with Crippen LogP contribution in [-0.2, 0) is 0 Å². The highest BCUT2D eigenvalue weighted by atomic mass is 16.3. The Morgan fingerprint density at radius 2 is 0.914 bits per heavy atom. The second-order valence-corrected chi connectivity index (χ2v) is 15.1. The van der Waals surface area contributed by atoms with Crippen LogP contribution in [0.4, 0.5) is 0 Å². The first-order valence-electron chi connectivity index (χ1n) is 19.7. The number of benzene rings is 9. The zero-order valence-electron chi connectivity index (χ0n) is 31.3. The fraction of sp³-hybridized carbons (Fsp3) is 0.0185. The van der Waals surface area contributed by atoms with Crippen LogP contribution in [-0.4, -0.2) is 15.0 Å². The number of fused-ring (bicyclic) bond motifs is 8. The molecule has 9 aromatic carbocycles.